The molecule has 0 aliphatic heterocycles. The molecule has 0 unspecified atom stereocenters. The van der Waals surface area contributed by atoms with Gasteiger partial charge >= 0.3 is 5.69 Å². The molecule has 0 bridgehead atoms. The molecular formula is C13H7ClF3NO3. The van der Waals surface area contributed by atoms with Crippen LogP contribution in [0.2, 0.25) is 0 Å². The summed E-state index contributed by atoms with van der Waals surface area (Å²) in [7, 11) is 0. The molecule has 0 radical (unpaired) electrons. The maximum absolute atomic E-state index is 13.7. The van der Waals surface area contributed by atoms with Gasteiger partial charge in [0.1, 0.15) is 0 Å². The van der Waals surface area contributed by atoms with Crippen LogP contribution >= 0.6 is 11.6 Å². The van der Waals surface area contributed by atoms with Crippen molar-refractivity contribution in [1.29, 1.82) is 0 Å². The van der Waals surface area contributed by atoms with Crippen molar-refractivity contribution in [3.63, 3.8) is 0 Å². The van der Waals surface area contributed by atoms with Gasteiger partial charge in [0.2, 0.25) is 5.82 Å². The summed E-state index contributed by atoms with van der Waals surface area (Å²) >= 11 is 5.52. The summed E-state index contributed by atoms with van der Waals surface area (Å²) < 4.78 is 45.6. The Kier molecular flexibility index (Phi) is 4.32. The van der Waals surface area contributed by atoms with Crippen molar-refractivity contribution in [2.45, 2.75) is 5.88 Å². The Bertz CT molecular complexity index is 709. The number of nitrogens with zero attached hydrogens (tertiary/aromatic N) is 1. The molecule has 0 saturated heterocycles. The number of benzene rings is 2. The van der Waals surface area contributed by atoms with Crippen molar-refractivity contribution in [3.8, 4) is 11.5 Å². The number of nitro benzene ring substituents is 1. The Labute approximate surface area is 121 Å². The van der Waals surface area contributed by atoms with Crippen molar-refractivity contribution in [2.24, 2.45) is 0 Å². The van der Waals surface area contributed by atoms with Gasteiger partial charge in [0.25, 0.3) is 0 Å². The molecule has 2 aromatic rings. The van der Waals surface area contributed by atoms with Crippen LogP contribution in [0.3, 0.4) is 0 Å². The van der Waals surface area contributed by atoms with Gasteiger partial charge in [-0.1, -0.05) is 6.07 Å². The van der Waals surface area contributed by atoms with Crippen molar-refractivity contribution >= 4 is 17.3 Å². The first-order valence-electron chi connectivity index (χ1n) is 5.58. The first-order valence-corrected chi connectivity index (χ1v) is 6.11. The summed E-state index contributed by atoms with van der Waals surface area (Å²) in [6.45, 7) is 0. The fourth-order valence-corrected chi connectivity index (χ4v) is 1.73. The van der Waals surface area contributed by atoms with Crippen LogP contribution in [0.15, 0.2) is 30.3 Å². The zero-order chi connectivity index (χ0) is 15.6. The Balaban J connectivity index is 2.36. The average Bonchev–Trinajstić information content (AvgIpc) is 2.44. The van der Waals surface area contributed by atoms with Crippen LogP contribution in [-0.2, 0) is 5.88 Å². The summed E-state index contributed by atoms with van der Waals surface area (Å²) in [5.74, 6) is -4.20. The minimum Gasteiger partial charge on any atom is -0.451 e. The summed E-state index contributed by atoms with van der Waals surface area (Å²) in [4.78, 5) is 9.38. The molecule has 8 heteroatoms. The van der Waals surface area contributed by atoms with Crippen LogP contribution in [0.4, 0.5) is 18.9 Å². The first kappa shape index (κ1) is 15.1. The molecule has 0 fully saturated rings. The Morgan fingerprint density at radius 3 is 2.29 bits per heavy atom. The topological polar surface area (TPSA) is 52.4 Å². The van der Waals surface area contributed by atoms with Crippen LogP contribution < -0.4 is 4.74 Å². The fourth-order valence-electron chi connectivity index (χ4n) is 1.56. The van der Waals surface area contributed by atoms with Crippen molar-refractivity contribution in [3.05, 3.63) is 63.5 Å². The van der Waals surface area contributed by atoms with Crippen molar-refractivity contribution in [2.75, 3.05) is 0 Å². The molecular weight excluding hydrogens is 311 g/mol. The van der Waals surface area contributed by atoms with E-state index < -0.39 is 33.8 Å². The molecule has 4 nitrogen and oxygen atoms in total. The highest BCUT2D eigenvalue weighted by Crippen LogP contribution is 2.31. The number of alkyl halides is 1. The second kappa shape index (κ2) is 6.01. The molecule has 2 aromatic carbocycles. The molecule has 0 N–H and O–H groups in total. The molecule has 0 aromatic heterocycles. The van der Waals surface area contributed by atoms with Crippen LogP contribution in [0.5, 0.6) is 11.5 Å². The molecule has 0 heterocycles. The maximum Gasteiger partial charge on any atom is 0.307 e. The standard InChI is InChI=1S/C13H7ClF3NO3/c14-6-7-1-2-12(9(16)3-7)21-13-5-8(15)11(18(19)20)4-10(13)17/h1-5H,6H2. The van der Waals surface area contributed by atoms with Crippen LogP contribution in [0.25, 0.3) is 0 Å². The lowest BCUT2D eigenvalue weighted by atomic mass is 10.2. The monoisotopic (exact) mass is 317 g/mol. The minimum atomic E-state index is -1.28. The van der Waals surface area contributed by atoms with Crippen LogP contribution in [-0.4, -0.2) is 4.92 Å². The molecule has 0 atom stereocenters. The largest absolute Gasteiger partial charge is 0.451 e. The highest BCUT2D eigenvalue weighted by molar-refractivity contribution is 6.17. The van der Waals surface area contributed by atoms with Gasteiger partial charge in [-0.3, -0.25) is 10.1 Å². The third kappa shape index (κ3) is 3.25. The van der Waals surface area contributed by atoms with Gasteiger partial charge in [-0.15, -0.1) is 11.6 Å². The van der Waals surface area contributed by atoms with Gasteiger partial charge in [-0.05, 0) is 17.7 Å². The van der Waals surface area contributed by atoms with E-state index in [4.69, 9.17) is 16.3 Å². The minimum absolute atomic E-state index is 0.0811. The van der Waals surface area contributed by atoms with Crippen LogP contribution in [0.1, 0.15) is 5.56 Å². The van der Waals surface area contributed by atoms with Crippen molar-refractivity contribution in [1.82, 2.24) is 0 Å². The average molecular weight is 318 g/mol. The molecule has 21 heavy (non-hydrogen) atoms. The molecule has 0 amide bonds. The lowest BCUT2D eigenvalue weighted by Crippen LogP contribution is -1.97. The number of hydrogen-bond acceptors (Lipinski definition) is 3. The molecule has 110 valence electrons. The van der Waals surface area contributed by atoms with Gasteiger partial charge in [-0.2, -0.15) is 4.39 Å². The van der Waals surface area contributed by atoms with Gasteiger partial charge in [0.15, 0.2) is 23.1 Å². The molecule has 0 saturated carbocycles. The van der Waals surface area contributed by atoms with E-state index in [-0.39, 0.29) is 11.6 Å². The molecule has 2 rings (SSSR count). The molecule has 0 aliphatic carbocycles. The zero-order valence-electron chi connectivity index (χ0n) is 10.3. The SMILES string of the molecule is O=[N+]([O-])c1cc(F)c(Oc2ccc(CCl)cc2F)cc1F. The van der Waals surface area contributed by atoms with E-state index in [0.29, 0.717) is 17.7 Å². The lowest BCUT2D eigenvalue weighted by Gasteiger charge is -2.08. The number of ether oxygens (including phenoxy) is 1. The summed E-state index contributed by atoms with van der Waals surface area (Å²) in [6.07, 6.45) is 0. The predicted octanol–water partition coefficient (Wildman–Crippen LogP) is 4.54. The zero-order valence-corrected chi connectivity index (χ0v) is 11.0. The predicted molar refractivity (Wildman–Crippen MR) is 69.0 cm³/mol. The third-order valence-electron chi connectivity index (χ3n) is 2.57. The first-order chi connectivity index (χ1) is 9.92. The normalized spacial score (nSPS) is 10.5. The third-order valence-corrected chi connectivity index (χ3v) is 2.88. The summed E-state index contributed by atoms with van der Waals surface area (Å²) in [5.41, 5.74) is -0.547. The van der Waals surface area contributed by atoms with E-state index in [9.17, 15) is 23.3 Å². The molecule has 0 spiro atoms. The van der Waals surface area contributed by atoms with Gasteiger partial charge in [0.05, 0.1) is 11.0 Å². The lowest BCUT2D eigenvalue weighted by molar-refractivity contribution is -0.387. The van der Waals surface area contributed by atoms with E-state index in [0.717, 1.165) is 6.07 Å². The maximum atomic E-state index is 13.7. The number of halogens is 4. The Hall–Kier alpha value is -2.28. The van der Waals surface area contributed by atoms with Crippen LogP contribution in [0, 0.1) is 27.6 Å². The highest BCUT2D eigenvalue weighted by atomic mass is 35.5. The number of rotatable bonds is 4. The van der Waals surface area contributed by atoms with Gasteiger partial charge in [0, 0.05) is 11.9 Å². The van der Waals surface area contributed by atoms with E-state index in [2.05, 4.69) is 0 Å². The van der Waals surface area contributed by atoms with E-state index in [1.165, 1.54) is 12.1 Å². The Morgan fingerprint density at radius 2 is 1.71 bits per heavy atom. The van der Waals surface area contributed by atoms with E-state index >= 15 is 0 Å². The Morgan fingerprint density at radius 1 is 1.05 bits per heavy atom. The fraction of sp³-hybridized carbons (Fsp3) is 0.0769. The molecule has 0 aliphatic rings. The van der Waals surface area contributed by atoms with E-state index in [1.54, 1.807) is 0 Å². The van der Waals surface area contributed by atoms with E-state index in [1.807, 2.05) is 0 Å². The number of nitro groups is 1. The second-order valence-corrected chi connectivity index (χ2v) is 4.26. The second-order valence-electron chi connectivity index (χ2n) is 3.99. The van der Waals surface area contributed by atoms with Gasteiger partial charge in [-0.25, -0.2) is 8.78 Å². The number of hydrogen-bond donors (Lipinski definition) is 0. The summed E-state index contributed by atoms with van der Waals surface area (Å²) in [5, 5.41) is 10.5. The quantitative estimate of drug-likeness (QED) is 0.472. The smallest absolute Gasteiger partial charge is 0.307 e. The summed E-state index contributed by atoms with van der Waals surface area (Å²) in [6, 6.07) is 4.59. The van der Waals surface area contributed by atoms with Gasteiger partial charge < -0.3 is 4.74 Å². The highest BCUT2D eigenvalue weighted by Gasteiger charge is 2.20. The van der Waals surface area contributed by atoms with Crippen molar-refractivity contribution < 1.29 is 22.8 Å².